The van der Waals surface area contributed by atoms with Gasteiger partial charge in [-0.2, -0.15) is 0 Å². The average Bonchev–Trinajstić information content (AvgIpc) is 2.15. The molecule has 0 bridgehead atoms. The summed E-state index contributed by atoms with van der Waals surface area (Å²) in [7, 11) is 0. The predicted octanol–water partition coefficient (Wildman–Crippen LogP) is 0.115. The van der Waals surface area contributed by atoms with Crippen LogP contribution in [0.2, 0.25) is 0 Å². The highest BCUT2D eigenvalue weighted by Gasteiger charge is 2.17. The number of ether oxygens (including phenoxy) is 1. The van der Waals surface area contributed by atoms with Crippen LogP contribution in [0.5, 0.6) is 0 Å². The molecule has 0 radical (unpaired) electrons. The van der Waals surface area contributed by atoms with Crippen LogP contribution < -0.4 is 5.32 Å². The zero-order valence-electron chi connectivity index (χ0n) is 8.82. The highest BCUT2D eigenvalue weighted by molar-refractivity contribution is 5.92. The Bertz CT molecular complexity index is 283. The second-order valence-corrected chi connectivity index (χ2v) is 3.02. The van der Waals surface area contributed by atoms with E-state index in [2.05, 4.69) is 18.5 Å². The van der Waals surface area contributed by atoms with E-state index in [0.29, 0.717) is 0 Å². The smallest absolute Gasteiger partial charge is 0.336 e. The predicted molar refractivity (Wildman–Crippen MR) is 54.7 cm³/mol. The van der Waals surface area contributed by atoms with E-state index in [1.165, 1.54) is 19.9 Å². The molecule has 1 amide bonds. The molecule has 0 aliphatic carbocycles. The van der Waals surface area contributed by atoms with Gasteiger partial charge in [0.15, 0.2) is 6.23 Å². The fourth-order valence-electron chi connectivity index (χ4n) is 0.613. The molecule has 0 saturated heterocycles. The van der Waals surface area contributed by atoms with Crippen LogP contribution in [-0.4, -0.2) is 29.3 Å². The van der Waals surface area contributed by atoms with Gasteiger partial charge in [0.05, 0.1) is 0 Å². The maximum Gasteiger partial charge on any atom is 0.336 e. The summed E-state index contributed by atoms with van der Waals surface area (Å²) in [5.41, 5.74) is 0.287. The maximum absolute atomic E-state index is 11.2. The molecule has 2 N–H and O–H groups in total. The van der Waals surface area contributed by atoms with Gasteiger partial charge < -0.3 is 15.2 Å². The van der Waals surface area contributed by atoms with E-state index in [-0.39, 0.29) is 5.57 Å². The van der Waals surface area contributed by atoms with E-state index in [1.807, 2.05) is 0 Å². The van der Waals surface area contributed by atoms with Crippen molar-refractivity contribution >= 4 is 11.9 Å². The van der Waals surface area contributed by atoms with Gasteiger partial charge in [-0.15, -0.1) is 0 Å². The van der Waals surface area contributed by atoms with Gasteiger partial charge >= 0.3 is 5.97 Å². The van der Waals surface area contributed by atoms with Gasteiger partial charge in [0, 0.05) is 5.57 Å². The van der Waals surface area contributed by atoms with Crippen LogP contribution in [0.25, 0.3) is 0 Å². The minimum atomic E-state index is -1.24. The normalized spacial score (nSPS) is 13.5. The first-order valence-corrected chi connectivity index (χ1v) is 4.36. The minimum Gasteiger partial charge on any atom is -0.436 e. The molecule has 5 nitrogen and oxygen atoms in total. The van der Waals surface area contributed by atoms with Crippen molar-refractivity contribution in [2.24, 2.45) is 0 Å². The Morgan fingerprint density at radius 3 is 2.40 bits per heavy atom. The van der Waals surface area contributed by atoms with E-state index in [1.54, 1.807) is 0 Å². The summed E-state index contributed by atoms with van der Waals surface area (Å²) in [6, 6.07) is 0. The number of carbonyl (C=O) groups excluding carboxylic acids is 2. The van der Waals surface area contributed by atoms with Gasteiger partial charge in [0.1, 0.15) is 6.10 Å². The largest absolute Gasteiger partial charge is 0.436 e. The van der Waals surface area contributed by atoms with E-state index in [9.17, 15) is 9.59 Å². The summed E-state index contributed by atoms with van der Waals surface area (Å²) >= 11 is 0. The molecule has 0 aromatic carbocycles. The lowest BCUT2D eigenvalue weighted by molar-refractivity contribution is -0.157. The molecule has 0 heterocycles. The highest BCUT2D eigenvalue weighted by Crippen LogP contribution is 1.96. The fourth-order valence-corrected chi connectivity index (χ4v) is 0.613. The van der Waals surface area contributed by atoms with Crippen molar-refractivity contribution in [3.05, 3.63) is 24.8 Å². The number of esters is 1. The third-order valence-electron chi connectivity index (χ3n) is 1.46. The van der Waals surface area contributed by atoms with Crippen LogP contribution >= 0.6 is 0 Å². The van der Waals surface area contributed by atoms with E-state index in [4.69, 9.17) is 9.84 Å². The topological polar surface area (TPSA) is 75.6 Å². The second kappa shape index (κ2) is 5.98. The molecular formula is C10H15NO4. The molecular weight excluding hydrogens is 198 g/mol. The summed E-state index contributed by atoms with van der Waals surface area (Å²) in [6.45, 7) is 9.59. The van der Waals surface area contributed by atoms with Crippen molar-refractivity contribution in [1.82, 2.24) is 5.32 Å². The van der Waals surface area contributed by atoms with E-state index >= 15 is 0 Å². The molecule has 0 saturated carbocycles. The number of amides is 1. The molecule has 84 valence electrons. The number of aliphatic hydroxyl groups excluding tert-OH is 1. The van der Waals surface area contributed by atoms with Crippen molar-refractivity contribution in [3.8, 4) is 0 Å². The summed E-state index contributed by atoms with van der Waals surface area (Å²) in [4.78, 5) is 22.1. The first kappa shape index (κ1) is 13.4. The molecule has 2 unspecified atom stereocenters. The van der Waals surface area contributed by atoms with Crippen LogP contribution in [0, 0.1) is 0 Å². The Morgan fingerprint density at radius 2 is 2.07 bits per heavy atom. The Labute approximate surface area is 88.4 Å². The zero-order chi connectivity index (χ0) is 12.0. The van der Waals surface area contributed by atoms with Gasteiger partial charge in [-0.25, -0.2) is 4.79 Å². The van der Waals surface area contributed by atoms with Gasteiger partial charge in [-0.1, -0.05) is 13.2 Å². The second-order valence-electron chi connectivity index (χ2n) is 3.02. The Hall–Kier alpha value is -1.62. The van der Waals surface area contributed by atoms with Crippen LogP contribution in [0.3, 0.4) is 0 Å². The third-order valence-corrected chi connectivity index (χ3v) is 1.46. The van der Waals surface area contributed by atoms with Crippen molar-refractivity contribution in [1.29, 1.82) is 0 Å². The van der Waals surface area contributed by atoms with E-state index < -0.39 is 24.2 Å². The quantitative estimate of drug-likeness (QED) is 0.294. The van der Waals surface area contributed by atoms with Crippen molar-refractivity contribution in [2.75, 3.05) is 0 Å². The first-order valence-electron chi connectivity index (χ1n) is 4.36. The lowest BCUT2D eigenvalue weighted by Gasteiger charge is -2.16. The van der Waals surface area contributed by atoms with Gasteiger partial charge in [0.25, 0.3) is 0 Å². The molecule has 0 aliphatic heterocycles. The molecule has 0 aromatic heterocycles. The van der Waals surface area contributed by atoms with Crippen LogP contribution in [0.4, 0.5) is 0 Å². The SMILES string of the molecule is C=CC(NC(=O)C(=C)C)OC(=O)C(C)O. The lowest BCUT2D eigenvalue weighted by Crippen LogP contribution is -2.39. The first-order chi connectivity index (χ1) is 6.88. The number of rotatable bonds is 5. The molecule has 5 heteroatoms. The molecule has 0 spiro atoms. The van der Waals surface area contributed by atoms with Gasteiger partial charge in [-0.3, -0.25) is 4.79 Å². The maximum atomic E-state index is 11.2. The zero-order valence-corrected chi connectivity index (χ0v) is 8.82. The Morgan fingerprint density at radius 1 is 1.53 bits per heavy atom. The Balaban J connectivity index is 4.27. The van der Waals surface area contributed by atoms with Crippen molar-refractivity contribution in [2.45, 2.75) is 26.2 Å². The number of aliphatic hydroxyl groups is 1. The Kier molecular flexibility index (Phi) is 5.33. The lowest BCUT2D eigenvalue weighted by atomic mass is 10.3. The summed E-state index contributed by atoms with van der Waals surface area (Å²) < 4.78 is 4.70. The third kappa shape index (κ3) is 4.97. The molecule has 0 fully saturated rings. The monoisotopic (exact) mass is 213 g/mol. The summed E-state index contributed by atoms with van der Waals surface area (Å²) in [5.74, 6) is -1.28. The fraction of sp³-hybridized carbons (Fsp3) is 0.400. The van der Waals surface area contributed by atoms with Gasteiger partial charge in [0.2, 0.25) is 5.91 Å². The molecule has 15 heavy (non-hydrogen) atoms. The number of hydrogen-bond acceptors (Lipinski definition) is 4. The van der Waals surface area contributed by atoms with Crippen LogP contribution in [0.15, 0.2) is 24.8 Å². The summed E-state index contributed by atoms with van der Waals surface area (Å²) in [6.07, 6.45) is -0.966. The summed E-state index contributed by atoms with van der Waals surface area (Å²) in [5, 5.41) is 11.2. The van der Waals surface area contributed by atoms with Gasteiger partial charge in [-0.05, 0) is 19.9 Å². The highest BCUT2D eigenvalue weighted by atomic mass is 16.6. The van der Waals surface area contributed by atoms with E-state index in [0.717, 1.165) is 0 Å². The molecule has 0 rings (SSSR count). The van der Waals surface area contributed by atoms with Crippen LogP contribution in [-0.2, 0) is 14.3 Å². The number of carbonyl (C=O) groups is 2. The van der Waals surface area contributed by atoms with Crippen molar-refractivity contribution < 1.29 is 19.4 Å². The molecule has 2 atom stereocenters. The van der Waals surface area contributed by atoms with Crippen molar-refractivity contribution in [3.63, 3.8) is 0 Å². The van der Waals surface area contributed by atoms with Crippen LogP contribution in [0.1, 0.15) is 13.8 Å². The standard InChI is InChI=1S/C10H15NO4/c1-5-8(11-9(13)6(2)3)15-10(14)7(4)12/h5,7-8,12H,1-2H2,3-4H3,(H,11,13). The number of nitrogens with one attached hydrogen (secondary N) is 1. The minimum absolute atomic E-state index is 0.287. The molecule has 0 aromatic rings. The molecule has 0 aliphatic rings. The average molecular weight is 213 g/mol. The number of hydrogen-bond donors (Lipinski definition) is 2.